The second-order valence-electron chi connectivity index (χ2n) is 6.53. The number of likely N-dealkylation sites (tertiary alicyclic amines) is 1. The smallest absolute Gasteiger partial charge is 0.307 e. The molecule has 0 aromatic rings. The third-order valence-electron chi connectivity index (χ3n) is 4.63. The van der Waals surface area contributed by atoms with Gasteiger partial charge in [0.15, 0.2) is 0 Å². The molecule has 1 saturated heterocycles. The van der Waals surface area contributed by atoms with Crippen molar-refractivity contribution in [1.82, 2.24) is 4.90 Å². The lowest BCUT2D eigenvalue weighted by molar-refractivity contribution is -0.146. The average Bonchev–Trinajstić information content (AvgIpc) is 3.14. The van der Waals surface area contributed by atoms with Gasteiger partial charge in [-0.15, -0.1) is 0 Å². The number of nitrogens with zero attached hydrogens (tertiary/aromatic N) is 1. The van der Waals surface area contributed by atoms with E-state index in [-0.39, 0.29) is 11.5 Å². The van der Waals surface area contributed by atoms with Crippen LogP contribution in [0.25, 0.3) is 0 Å². The molecular formula is C16H29NO2. The van der Waals surface area contributed by atoms with Crippen LogP contribution >= 0.6 is 0 Å². The van der Waals surface area contributed by atoms with Crippen LogP contribution in [0.5, 0.6) is 0 Å². The van der Waals surface area contributed by atoms with Gasteiger partial charge in [-0.25, -0.2) is 0 Å². The maximum Gasteiger partial charge on any atom is 0.307 e. The van der Waals surface area contributed by atoms with Gasteiger partial charge < -0.3 is 4.74 Å². The molecule has 110 valence electrons. The van der Waals surface area contributed by atoms with Crippen LogP contribution in [0.3, 0.4) is 0 Å². The first-order chi connectivity index (χ1) is 9.14. The zero-order chi connectivity index (χ0) is 13.7. The van der Waals surface area contributed by atoms with Gasteiger partial charge >= 0.3 is 5.97 Å². The molecule has 0 spiro atoms. The van der Waals surface area contributed by atoms with Crippen molar-refractivity contribution in [2.24, 2.45) is 5.92 Å². The molecule has 0 radical (unpaired) electrons. The van der Waals surface area contributed by atoms with E-state index >= 15 is 0 Å². The van der Waals surface area contributed by atoms with Crippen molar-refractivity contribution >= 4 is 5.97 Å². The minimum absolute atomic E-state index is 0.0186. The Kier molecular flexibility index (Phi) is 5.26. The number of carbonyl (C=O) groups is 1. The van der Waals surface area contributed by atoms with Crippen LogP contribution < -0.4 is 0 Å². The van der Waals surface area contributed by atoms with Crippen molar-refractivity contribution < 1.29 is 9.53 Å². The molecule has 0 bridgehead atoms. The highest BCUT2D eigenvalue weighted by Gasteiger charge is 2.39. The fourth-order valence-electron chi connectivity index (χ4n) is 3.39. The first-order valence-corrected chi connectivity index (χ1v) is 8.05. The summed E-state index contributed by atoms with van der Waals surface area (Å²) in [4.78, 5) is 14.5. The third kappa shape index (κ3) is 4.48. The Balaban J connectivity index is 2.00. The van der Waals surface area contributed by atoms with E-state index in [4.69, 9.17) is 4.74 Å². The molecule has 2 fully saturated rings. The molecule has 3 nitrogen and oxygen atoms in total. The van der Waals surface area contributed by atoms with Gasteiger partial charge in [-0.2, -0.15) is 0 Å². The monoisotopic (exact) mass is 267 g/mol. The van der Waals surface area contributed by atoms with Crippen LogP contribution in [-0.4, -0.2) is 36.1 Å². The summed E-state index contributed by atoms with van der Waals surface area (Å²) in [6, 6.07) is 0. The van der Waals surface area contributed by atoms with E-state index in [1.54, 1.807) is 0 Å². The average molecular weight is 267 g/mol. The van der Waals surface area contributed by atoms with Crippen molar-refractivity contribution in [2.45, 2.75) is 70.8 Å². The molecule has 1 unspecified atom stereocenters. The van der Waals surface area contributed by atoms with Gasteiger partial charge in [0.25, 0.3) is 0 Å². The summed E-state index contributed by atoms with van der Waals surface area (Å²) >= 11 is 0. The van der Waals surface area contributed by atoms with Crippen LogP contribution in [-0.2, 0) is 9.53 Å². The summed E-state index contributed by atoms with van der Waals surface area (Å²) in [5, 5.41) is 0. The minimum Gasteiger partial charge on any atom is -0.466 e. The fourth-order valence-corrected chi connectivity index (χ4v) is 3.39. The molecule has 1 aliphatic carbocycles. The molecule has 2 aliphatic rings. The summed E-state index contributed by atoms with van der Waals surface area (Å²) in [5.74, 6) is 0.831. The van der Waals surface area contributed by atoms with Gasteiger partial charge in [0.2, 0.25) is 0 Å². The molecule has 3 heteroatoms. The van der Waals surface area contributed by atoms with E-state index < -0.39 is 0 Å². The van der Waals surface area contributed by atoms with Gasteiger partial charge in [-0.1, -0.05) is 25.7 Å². The number of ether oxygens (including phenoxy) is 1. The van der Waals surface area contributed by atoms with E-state index in [0.717, 1.165) is 19.0 Å². The van der Waals surface area contributed by atoms with Gasteiger partial charge in [-0.3, -0.25) is 9.69 Å². The number of hydrogen-bond donors (Lipinski definition) is 0. The molecule has 1 aliphatic heterocycles. The first kappa shape index (κ1) is 14.8. The van der Waals surface area contributed by atoms with E-state index in [1.165, 1.54) is 44.9 Å². The number of esters is 1. The normalized spacial score (nSPS) is 24.5. The molecule has 1 atom stereocenters. The second-order valence-corrected chi connectivity index (χ2v) is 6.53. The van der Waals surface area contributed by atoms with E-state index in [1.807, 2.05) is 6.92 Å². The minimum atomic E-state index is -0.0186. The van der Waals surface area contributed by atoms with Crippen LogP contribution in [0.4, 0.5) is 0 Å². The molecular weight excluding hydrogens is 238 g/mol. The summed E-state index contributed by atoms with van der Waals surface area (Å²) in [7, 11) is 0. The van der Waals surface area contributed by atoms with Gasteiger partial charge in [0.05, 0.1) is 13.0 Å². The Morgan fingerprint density at radius 1 is 1.21 bits per heavy atom. The van der Waals surface area contributed by atoms with E-state index in [9.17, 15) is 4.79 Å². The summed E-state index contributed by atoms with van der Waals surface area (Å²) < 4.78 is 5.20. The Labute approximate surface area is 117 Å². The van der Waals surface area contributed by atoms with Crippen molar-refractivity contribution in [1.29, 1.82) is 0 Å². The van der Waals surface area contributed by atoms with Crippen molar-refractivity contribution in [3.63, 3.8) is 0 Å². The molecule has 2 rings (SSSR count). The van der Waals surface area contributed by atoms with Crippen molar-refractivity contribution in [3.8, 4) is 0 Å². The number of rotatable bonds is 6. The molecule has 0 amide bonds. The quantitative estimate of drug-likeness (QED) is 0.691. The lowest BCUT2D eigenvalue weighted by Crippen LogP contribution is -2.49. The fraction of sp³-hybridized carbons (Fsp3) is 0.938. The number of hydrogen-bond acceptors (Lipinski definition) is 3. The highest BCUT2D eigenvalue weighted by molar-refractivity contribution is 5.70. The van der Waals surface area contributed by atoms with Crippen LogP contribution in [0.2, 0.25) is 0 Å². The highest BCUT2D eigenvalue weighted by Crippen LogP contribution is 2.41. The SMILES string of the molecule is CCOC(=O)CC(C)(CC1CC1)N1CCCCCC1. The number of carbonyl (C=O) groups excluding carboxylic acids is 1. The van der Waals surface area contributed by atoms with Gasteiger partial charge in [0, 0.05) is 5.54 Å². The third-order valence-corrected chi connectivity index (χ3v) is 4.63. The first-order valence-electron chi connectivity index (χ1n) is 8.05. The summed E-state index contributed by atoms with van der Waals surface area (Å²) in [5.41, 5.74) is 0.0256. The standard InChI is InChI=1S/C16H29NO2/c1-3-19-15(18)13-16(2,12-14-8-9-14)17-10-6-4-5-7-11-17/h14H,3-13H2,1-2H3. The zero-order valence-electron chi connectivity index (χ0n) is 12.6. The Bertz CT molecular complexity index is 293. The summed E-state index contributed by atoms with van der Waals surface area (Å²) in [6.07, 6.45) is 9.69. The van der Waals surface area contributed by atoms with Gasteiger partial charge in [-0.05, 0) is 52.1 Å². The van der Waals surface area contributed by atoms with Crippen molar-refractivity contribution in [3.05, 3.63) is 0 Å². The van der Waals surface area contributed by atoms with Gasteiger partial charge in [0.1, 0.15) is 0 Å². The topological polar surface area (TPSA) is 29.5 Å². The Morgan fingerprint density at radius 2 is 1.84 bits per heavy atom. The maximum absolute atomic E-state index is 11.9. The molecule has 1 saturated carbocycles. The molecule has 19 heavy (non-hydrogen) atoms. The lowest BCUT2D eigenvalue weighted by Gasteiger charge is -2.40. The van der Waals surface area contributed by atoms with Crippen LogP contribution in [0.15, 0.2) is 0 Å². The van der Waals surface area contributed by atoms with E-state index in [2.05, 4.69) is 11.8 Å². The van der Waals surface area contributed by atoms with Crippen LogP contribution in [0.1, 0.15) is 65.2 Å². The van der Waals surface area contributed by atoms with Crippen molar-refractivity contribution in [2.75, 3.05) is 19.7 Å². The molecule has 0 aromatic carbocycles. The van der Waals surface area contributed by atoms with Crippen LogP contribution in [0, 0.1) is 5.92 Å². The Morgan fingerprint density at radius 3 is 2.37 bits per heavy atom. The zero-order valence-corrected chi connectivity index (χ0v) is 12.6. The largest absolute Gasteiger partial charge is 0.466 e. The summed E-state index contributed by atoms with van der Waals surface area (Å²) in [6.45, 7) is 6.99. The van der Waals surface area contributed by atoms with E-state index in [0.29, 0.717) is 13.0 Å². The Hall–Kier alpha value is -0.570. The second kappa shape index (κ2) is 6.74. The maximum atomic E-state index is 11.9. The molecule has 0 aromatic heterocycles. The predicted octanol–water partition coefficient (Wildman–Crippen LogP) is 3.37. The predicted molar refractivity (Wildman–Crippen MR) is 77.0 cm³/mol. The molecule has 1 heterocycles. The highest BCUT2D eigenvalue weighted by atomic mass is 16.5. The molecule has 0 N–H and O–H groups in total. The lowest BCUT2D eigenvalue weighted by atomic mass is 9.88.